The Balaban J connectivity index is 1.69. The number of rotatable bonds is 10. The van der Waals surface area contributed by atoms with Crippen LogP contribution in [0, 0.1) is 0 Å². The Bertz CT molecular complexity index is 1540. The third-order valence-corrected chi connectivity index (χ3v) is 9.62. The van der Waals surface area contributed by atoms with Gasteiger partial charge in [-0.25, -0.2) is 28.2 Å². The van der Waals surface area contributed by atoms with Crippen LogP contribution < -0.4 is 15.8 Å². The Morgan fingerprint density at radius 1 is 1.18 bits per heavy atom. The maximum absolute atomic E-state index is 12.5. The van der Waals surface area contributed by atoms with Gasteiger partial charge in [0.15, 0.2) is 0 Å². The first-order valence-corrected chi connectivity index (χ1v) is 15.5. The van der Waals surface area contributed by atoms with Gasteiger partial charge in [-0.05, 0) is 69.7 Å². The third kappa shape index (κ3) is 6.05. The van der Waals surface area contributed by atoms with Gasteiger partial charge >= 0.3 is 5.97 Å². The molecule has 0 radical (unpaired) electrons. The number of esters is 1. The lowest BCUT2D eigenvalue weighted by molar-refractivity contribution is -0.0189. The summed E-state index contributed by atoms with van der Waals surface area (Å²) >= 11 is 0. The van der Waals surface area contributed by atoms with E-state index in [0.717, 1.165) is 10.9 Å². The smallest absolute Gasteiger partial charge is 0.340 e. The topological polar surface area (TPSA) is 146 Å². The number of pyridine rings is 3. The number of nitrogens with two attached hydrogens (primary N) is 1. The number of nitrogens with zero attached hydrogens (tertiary/aromatic N) is 3. The van der Waals surface area contributed by atoms with Crippen LogP contribution >= 0.6 is 0 Å². The number of fused-ring (bicyclic) bond motifs is 2. The number of carbonyl (C=O) groups is 1. The van der Waals surface area contributed by atoms with Crippen molar-refractivity contribution in [2.24, 2.45) is 5.73 Å². The second-order valence-electron chi connectivity index (χ2n) is 11.3. The SMILES string of the molecule is CCC(C)(N)c1cnc(O[C@@H](C)CCS(=O)(=O)CC)c2cnc(Nc3ccc4c(n3)[C@@H](C)C(C)(C)OC4=O)cc12. The second-order valence-corrected chi connectivity index (χ2v) is 13.8. The predicted molar refractivity (Wildman–Crippen MR) is 156 cm³/mol. The summed E-state index contributed by atoms with van der Waals surface area (Å²) in [5.41, 5.74) is 7.29. The summed E-state index contributed by atoms with van der Waals surface area (Å²) in [6.07, 6.45) is 4.05. The summed E-state index contributed by atoms with van der Waals surface area (Å²) in [7, 11) is -3.10. The molecule has 11 heteroatoms. The summed E-state index contributed by atoms with van der Waals surface area (Å²) in [5.74, 6) is 1.12. The molecule has 3 aromatic rings. The third-order valence-electron chi connectivity index (χ3n) is 7.88. The molecule has 1 unspecified atom stereocenters. The number of aromatic nitrogens is 3. The van der Waals surface area contributed by atoms with E-state index in [9.17, 15) is 13.2 Å². The zero-order valence-electron chi connectivity index (χ0n) is 24.2. The molecule has 0 aromatic carbocycles. The molecule has 4 rings (SSSR count). The number of hydrogen-bond donors (Lipinski definition) is 2. The van der Waals surface area contributed by atoms with Gasteiger partial charge in [-0.15, -0.1) is 0 Å². The minimum Gasteiger partial charge on any atom is -0.474 e. The number of ether oxygens (including phenoxy) is 2. The number of carbonyl (C=O) groups excluding carboxylic acids is 1. The van der Waals surface area contributed by atoms with Crippen molar-refractivity contribution in [3.05, 3.63) is 47.4 Å². The Morgan fingerprint density at radius 2 is 1.90 bits per heavy atom. The van der Waals surface area contributed by atoms with Gasteiger partial charge in [-0.2, -0.15) is 0 Å². The number of anilines is 2. The molecule has 3 N–H and O–H groups in total. The predicted octanol–water partition coefficient (Wildman–Crippen LogP) is 5.00. The van der Waals surface area contributed by atoms with Crippen LogP contribution in [0.4, 0.5) is 11.6 Å². The van der Waals surface area contributed by atoms with E-state index >= 15 is 0 Å². The van der Waals surface area contributed by atoms with Gasteiger partial charge in [-0.1, -0.05) is 20.8 Å². The van der Waals surface area contributed by atoms with Crippen LogP contribution in [0.2, 0.25) is 0 Å². The maximum atomic E-state index is 12.5. The van der Waals surface area contributed by atoms with E-state index in [1.807, 2.05) is 47.6 Å². The first-order chi connectivity index (χ1) is 18.7. The highest BCUT2D eigenvalue weighted by Gasteiger charge is 2.40. The average Bonchev–Trinajstić information content (AvgIpc) is 2.90. The van der Waals surface area contributed by atoms with Crippen molar-refractivity contribution in [3.8, 4) is 5.88 Å². The molecule has 1 aliphatic heterocycles. The lowest BCUT2D eigenvalue weighted by Crippen LogP contribution is -2.39. The van der Waals surface area contributed by atoms with E-state index in [-0.39, 0.29) is 29.5 Å². The van der Waals surface area contributed by atoms with Gasteiger partial charge < -0.3 is 20.5 Å². The molecule has 0 spiro atoms. The van der Waals surface area contributed by atoms with E-state index in [4.69, 9.17) is 20.2 Å². The molecule has 10 nitrogen and oxygen atoms in total. The highest BCUT2D eigenvalue weighted by molar-refractivity contribution is 7.91. The molecular weight excluding hydrogens is 530 g/mol. The molecule has 0 saturated heterocycles. The van der Waals surface area contributed by atoms with Crippen LogP contribution in [0.3, 0.4) is 0 Å². The first kappa shape index (κ1) is 29.7. The molecule has 0 saturated carbocycles. The second kappa shape index (κ2) is 10.9. The van der Waals surface area contributed by atoms with Crippen molar-refractivity contribution < 1.29 is 22.7 Å². The van der Waals surface area contributed by atoms with Crippen molar-refractivity contribution in [2.75, 3.05) is 16.8 Å². The normalized spacial score (nSPS) is 18.9. The summed E-state index contributed by atoms with van der Waals surface area (Å²) in [6, 6.07) is 5.33. The molecule has 40 heavy (non-hydrogen) atoms. The van der Waals surface area contributed by atoms with Crippen LogP contribution in [0.25, 0.3) is 10.8 Å². The van der Waals surface area contributed by atoms with Crippen molar-refractivity contribution in [3.63, 3.8) is 0 Å². The molecule has 0 fully saturated rings. The molecule has 3 atom stereocenters. The van der Waals surface area contributed by atoms with Gasteiger partial charge in [0.05, 0.1) is 28.5 Å². The van der Waals surface area contributed by atoms with Crippen LogP contribution in [0.1, 0.15) is 88.8 Å². The fraction of sp³-hybridized carbons (Fsp3) is 0.517. The summed E-state index contributed by atoms with van der Waals surface area (Å²) in [6.45, 7) is 13.2. The van der Waals surface area contributed by atoms with Crippen LogP contribution in [0.15, 0.2) is 30.6 Å². The largest absolute Gasteiger partial charge is 0.474 e. The fourth-order valence-electron chi connectivity index (χ4n) is 4.55. The monoisotopic (exact) mass is 569 g/mol. The molecule has 3 aromatic heterocycles. The first-order valence-electron chi connectivity index (χ1n) is 13.6. The van der Waals surface area contributed by atoms with Crippen molar-refractivity contribution >= 4 is 38.2 Å². The lowest BCUT2D eigenvalue weighted by Gasteiger charge is -2.36. The zero-order chi connectivity index (χ0) is 29.5. The number of nitrogens with one attached hydrogen (secondary N) is 1. The Morgan fingerprint density at radius 3 is 2.58 bits per heavy atom. The lowest BCUT2D eigenvalue weighted by atomic mass is 9.84. The fourth-order valence-corrected chi connectivity index (χ4v) is 5.53. The Labute approximate surface area is 236 Å². The highest BCUT2D eigenvalue weighted by Crippen LogP contribution is 2.38. The Kier molecular flexibility index (Phi) is 8.11. The minimum absolute atomic E-state index is 0.0466. The molecule has 0 aliphatic carbocycles. The molecule has 0 amide bonds. The van der Waals surface area contributed by atoms with E-state index in [1.54, 1.807) is 31.5 Å². The van der Waals surface area contributed by atoms with E-state index in [1.165, 1.54) is 0 Å². The molecule has 0 bridgehead atoms. The maximum Gasteiger partial charge on any atom is 0.340 e. The molecule has 4 heterocycles. The van der Waals surface area contributed by atoms with Crippen LogP contribution in [0.5, 0.6) is 5.88 Å². The van der Waals surface area contributed by atoms with Crippen molar-refractivity contribution in [1.82, 2.24) is 15.0 Å². The van der Waals surface area contributed by atoms with Gasteiger partial charge in [0.1, 0.15) is 27.1 Å². The number of cyclic esters (lactones) is 1. The van der Waals surface area contributed by atoms with Crippen molar-refractivity contribution in [2.45, 2.75) is 84.5 Å². The van der Waals surface area contributed by atoms with E-state index in [2.05, 4.69) is 15.3 Å². The average molecular weight is 570 g/mol. The quantitative estimate of drug-likeness (QED) is 0.320. The number of sulfone groups is 1. The van der Waals surface area contributed by atoms with Gasteiger partial charge in [0, 0.05) is 29.6 Å². The molecule has 1 aliphatic rings. The summed E-state index contributed by atoms with van der Waals surface area (Å²) in [5, 5.41) is 4.76. The molecular formula is C29H39N5O5S. The summed E-state index contributed by atoms with van der Waals surface area (Å²) < 4.78 is 35.6. The Hall–Kier alpha value is -3.31. The van der Waals surface area contributed by atoms with E-state index < -0.39 is 21.0 Å². The standard InChI is InChI=1S/C29H39N5O5S/c1-8-29(7,30)22-16-32-26(38-17(3)12-13-40(36,37)9-2)21-15-31-24(14-20(21)22)33-23-11-10-19-25(34-23)18(4)28(5,6)39-27(19)35/h10-11,14-18H,8-9,12-13,30H2,1-7H3,(H,31,33,34)/t17-,18+,29?/m0/s1. The van der Waals surface area contributed by atoms with Gasteiger partial charge in [0.2, 0.25) is 5.88 Å². The van der Waals surface area contributed by atoms with E-state index in [0.29, 0.717) is 47.0 Å². The number of hydrogen-bond acceptors (Lipinski definition) is 10. The van der Waals surface area contributed by atoms with Gasteiger partial charge in [-0.3, -0.25) is 0 Å². The van der Waals surface area contributed by atoms with Gasteiger partial charge in [0.25, 0.3) is 0 Å². The molecule has 216 valence electrons. The summed E-state index contributed by atoms with van der Waals surface area (Å²) in [4.78, 5) is 26.4. The van der Waals surface area contributed by atoms with Crippen molar-refractivity contribution in [1.29, 1.82) is 0 Å². The van der Waals surface area contributed by atoms with Crippen LogP contribution in [-0.2, 0) is 20.1 Å². The highest BCUT2D eigenvalue weighted by atomic mass is 32.2. The zero-order valence-corrected chi connectivity index (χ0v) is 25.1. The minimum atomic E-state index is -3.10. The van der Waals surface area contributed by atoms with Crippen LogP contribution in [-0.4, -0.2) is 52.5 Å².